The van der Waals surface area contributed by atoms with E-state index in [0.29, 0.717) is 36.1 Å². The van der Waals surface area contributed by atoms with Gasteiger partial charge in [0.1, 0.15) is 17.5 Å². The predicted octanol–water partition coefficient (Wildman–Crippen LogP) is 3.78. The number of hydrogen-bond donors (Lipinski definition) is 1. The molecule has 3 rings (SSSR count). The van der Waals surface area contributed by atoms with Crippen molar-refractivity contribution in [2.24, 2.45) is 5.92 Å². The highest BCUT2D eigenvalue weighted by atomic mass is 16.5. The van der Waals surface area contributed by atoms with E-state index in [4.69, 9.17) is 9.47 Å². The Bertz CT molecular complexity index is 919. The van der Waals surface area contributed by atoms with Gasteiger partial charge in [0, 0.05) is 30.6 Å². The lowest BCUT2D eigenvalue weighted by Gasteiger charge is -2.27. The van der Waals surface area contributed by atoms with E-state index in [9.17, 15) is 9.59 Å². The van der Waals surface area contributed by atoms with Crippen LogP contribution in [0.5, 0.6) is 11.5 Å². The number of hydrogen-bond acceptors (Lipinski definition) is 4. The van der Waals surface area contributed by atoms with Crippen molar-refractivity contribution in [2.75, 3.05) is 27.3 Å². The maximum atomic E-state index is 13.3. The van der Waals surface area contributed by atoms with Crippen LogP contribution in [-0.2, 0) is 4.79 Å². The number of benzene rings is 2. The summed E-state index contributed by atoms with van der Waals surface area (Å²) in [6, 6.07) is 12.7. The van der Waals surface area contributed by atoms with Gasteiger partial charge in [0.2, 0.25) is 5.91 Å². The molecule has 0 aliphatic carbocycles. The standard InChI is InChI=1S/C25H32N2O4/c1-16(2)23(26-24(28)19-12-20(30-4)14-21(13-19)31-5)25(29)27-11-10-18(15-27)22-9-7-6-8-17(22)3/h6-9,12-14,16,18,23H,10-11,15H2,1-5H3,(H,26,28). The topological polar surface area (TPSA) is 67.9 Å². The Morgan fingerprint density at radius 3 is 2.29 bits per heavy atom. The summed E-state index contributed by atoms with van der Waals surface area (Å²) in [7, 11) is 3.07. The largest absolute Gasteiger partial charge is 0.497 e. The summed E-state index contributed by atoms with van der Waals surface area (Å²) in [6.45, 7) is 7.38. The minimum Gasteiger partial charge on any atom is -0.497 e. The lowest BCUT2D eigenvalue weighted by molar-refractivity contribution is -0.133. The number of nitrogens with zero attached hydrogens (tertiary/aromatic N) is 1. The molecule has 1 heterocycles. The highest BCUT2D eigenvalue weighted by molar-refractivity contribution is 5.98. The van der Waals surface area contributed by atoms with Gasteiger partial charge in [-0.3, -0.25) is 9.59 Å². The van der Waals surface area contributed by atoms with E-state index in [0.717, 1.165) is 6.42 Å². The number of amides is 2. The molecule has 0 aromatic heterocycles. The van der Waals surface area contributed by atoms with Gasteiger partial charge < -0.3 is 19.7 Å². The molecule has 2 aromatic rings. The molecule has 0 saturated carbocycles. The number of ether oxygens (including phenoxy) is 2. The van der Waals surface area contributed by atoms with Crippen molar-refractivity contribution in [2.45, 2.75) is 39.2 Å². The fourth-order valence-corrected chi connectivity index (χ4v) is 4.13. The molecule has 1 aliphatic rings. The molecule has 1 N–H and O–H groups in total. The zero-order chi connectivity index (χ0) is 22.5. The van der Waals surface area contributed by atoms with Gasteiger partial charge in [-0.2, -0.15) is 0 Å². The van der Waals surface area contributed by atoms with Crippen LogP contribution in [0.2, 0.25) is 0 Å². The van der Waals surface area contributed by atoms with Crippen LogP contribution < -0.4 is 14.8 Å². The predicted molar refractivity (Wildman–Crippen MR) is 121 cm³/mol. The Morgan fingerprint density at radius 2 is 1.71 bits per heavy atom. The van der Waals surface area contributed by atoms with E-state index in [1.165, 1.54) is 25.3 Å². The molecule has 0 bridgehead atoms. The molecule has 2 atom stereocenters. The third kappa shape index (κ3) is 5.19. The molecule has 2 amide bonds. The van der Waals surface area contributed by atoms with Gasteiger partial charge in [0.05, 0.1) is 14.2 Å². The molecular weight excluding hydrogens is 392 g/mol. The molecule has 1 aliphatic heterocycles. The minimum atomic E-state index is -0.597. The van der Waals surface area contributed by atoms with Crippen LogP contribution in [0.15, 0.2) is 42.5 Å². The lowest BCUT2D eigenvalue weighted by atomic mass is 9.94. The maximum absolute atomic E-state index is 13.3. The van der Waals surface area contributed by atoms with Crippen molar-refractivity contribution in [3.8, 4) is 11.5 Å². The number of likely N-dealkylation sites (tertiary alicyclic amines) is 1. The van der Waals surface area contributed by atoms with Crippen molar-refractivity contribution in [1.29, 1.82) is 0 Å². The number of aryl methyl sites for hydroxylation is 1. The molecule has 2 unspecified atom stereocenters. The molecule has 0 radical (unpaired) electrons. The van der Waals surface area contributed by atoms with Crippen molar-refractivity contribution >= 4 is 11.8 Å². The van der Waals surface area contributed by atoms with E-state index in [2.05, 4.69) is 24.4 Å². The molecule has 0 spiro atoms. The van der Waals surface area contributed by atoms with Gasteiger partial charge in [0.15, 0.2) is 0 Å². The van der Waals surface area contributed by atoms with E-state index in [-0.39, 0.29) is 17.7 Å². The summed E-state index contributed by atoms with van der Waals surface area (Å²) in [5, 5.41) is 2.94. The Balaban J connectivity index is 1.73. The molecule has 31 heavy (non-hydrogen) atoms. The van der Waals surface area contributed by atoms with Crippen LogP contribution in [0.4, 0.5) is 0 Å². The fraction of sp³-hybridized carbons (Fsp3) is 0.440. The zero-order valence-electron chi connectivity index (χ0n) is 19.0. The van der Waals surface area contributed by atoms with Gasteiger partial charge in [-0.1, -0.05) is 38.1 Å². The average Bonchev–Trinajstić information content (AvgIpc) is 3.26. The molecule has 166 valence electrons. The maximum Gasteiger partial charge on any atom is 0.252 e. The van der Waals surface area contributed by atoms with Crippen LogP contribution in [0.1, 0.15) is 47.7 Å². The first-order valence-electron chi connectivity index (χ1n) is 10.7. The third-order valence-corrected chi connectivity index (χ3v) is 5.96. The van der Waals surface area contributed by atoms with E-state index < -0.39 is 6.04 Å². The van der Waals surface area contributed by atoms with Crippen molar-refractivity contribution in [1.82, 2.24) is 10.2 Å². The highest BCUT2D eigenvalue weighted by Crippen LogP contribution is 2.30. The SMILES string of the molecule is COc1cc(OC)cc(C(=O)NC(C(=O)N2CCC(c3ccccc3C)C2)C(C)C)c1. The monoisotopic (exact) mass is 424 g/mol. The second-order valence-corrected chi connectivity index (χ2v) is 8.42. The Kier molecular flexibility index (Phi) is 7.21. The smallest absolute Gasteiger partial charge is 0.252 e. The summed E-state index contributed by atoms with van der Waals surface area (Å²) >= 11 is 0. The van der Waals surface area contributed by atoms with Crippen molar-refractivity contribution in [3.63, 3.8) is 0 Å². The Morgan fingerprint density at radius 1 is 1.06 bits per heavy atom. The molecule has 1 fully saturated rings. The quantitative estimate of drug-likeness (QED) is 0.735. The van der Waals surface area contributed by atoms with Gasteiger partial charge in [-0.05, 0) is 42.5 Å². The molecule has 6 nitrogen and oxygen atoms in total. The van der Waals surface area contributed by atoms with E-state index in [1.54, 1.807) is 18.2 Å². The van der Waals surface area contributed by atoms with E-state index >= 15 is 0 Å². The van der Waals surface area contributed by atoms with Crippen LogP contribution in [-0.4, -0.2) is 50.1 Å². The summed E-state index contributed by atoms with van der Waals surface area (Å²) in [4.78, 5) is 28.2. The normalized spacial score (nSPS) is 16.8. The zero-order valence-corrected chi connectivity index (χ0v) is 19.0. The summed E-state index contributed by atoms with van der Waals surface area (Å²) in [5.41, 5.74) is 2.95. The van der Waals surface area contributed by atoms with Crippen LogP contribution in [0.3, 0.4) is 0 Å². The average molecular weight is 425 g/mol. The summed E-state index contributed by atoms with van der Waals surface area (Å²) in [5.74, 6) is 0.987. The minimum absolute atomic E-state index is 0.0331. The number of carbonyl (C=O) groups is 2. The lowest BCUT2D eigenvalue weighted by Crippen LogP contribution is -2.50. The molecular formula is C25H32N2O4. The summed E-state index contributed by atoms with van der Waals surface area (Å²) in [6.07, 6.45) is 0.933. The van der Waals surface area contributed by atoms with Crippen LogP contribution >= 0.6 is 0 Å². The third-order valence-electron chi connectivity index (χ3n) is 5.96. The van der Waals surface area contributed by atoms with Gasteiger partial charge >= 0.3 is 0 Å². The number of carbonyl (C=O) groups excluding carboxylic acids is 2. The van der Waals surface area contributed by atoms with Crippen LogP contribution in [0.25, 0.3) is 0 Å². The van der Waals surface area contributed by atoms with Gasteiger partial charge in [-0.15, -0.1) is 0 Å². The Labute approximate surface area is 184 Å². The Hall–Kier alpha value is -3.02. The molecule has 1 saturated heterocycles. The van der Waals surface area contributed by atoms with Gasteiger partial charge in [-0.25, -0.2) is 0 Å². The molecule has 2 aromatic carbocycles. The highest BCUT2D eigenvalue weighted by Gasteiger charge is 2.34. The first-order chi connectivity index (χ1) is 14.8. The van der Waals surface area contributed by atoms with E-state index in [1.807, 2.05) is 30.9 Å². The molecule has 6 heteroatoms. The second kappa shape index (κ2) is 9.86. The first kappa shape index (κ1) is 22.7. The van der Waals surface area contributed by atoms with Crippen molar-refractivity contribution in [3.05, 3.63) is 59.2 Å². The number of nitrogens with one attached hydrogen (secondary N) is 1. The summed E-state index contributed by atoms with van der Waals surface area (Å²) < 4.78 is 10.5. The second-order valence-electron chi connectivity index (χ2n) is 8.42. The van der Waals surface area contributed by atoms with Crippen molar-refractivity contribution < 1.29 is 19.1 Å². The van der Waals surface area contributed by atoms with Gasteiger partial charge in [0.25, 0.3) is 5.91 Å². The number of rotatable bonds is 7. The first-order valence-corrected chi connectivity index (χ1v) is 10.7. The van der Waals surface area contributed by atoms with Crippen LogP contribution in [0, 0.1) is 12.8 Å². The number of methoxy groups -OCH3 is 2. The fourth-order valence-electron chi connectivity index (χ4n) is 4.13.